The molecule has 0 atom stereocenters. The Balaban J connectivity index is 1.64. The molecule has 0 aliphatic carbocycles. The number of ether oxygens (including phenoxy) is 1. The summed E-state index contributed by atoms with van der Waals surface area (Å²) in [4.78, 5) is 20.9. The molecular formula is C24H17BrN4O5. The number of anilines is 1. The zero-order chi connectivity index (χ0) is 24.1. The molecule has 4 aromatic carbocycles. The summed E-state index contributed by atoms with van der Waals surface area (Å²) in [7, 11) is 0. The topological polar surface area (TPSA) is 120 Å². The number of nitrogens with zero attached hydrogens (tertiary/aromatic N) is 3. The van der Waals surface area contributed by atoms with Crippen LogP contribution in [-0.2, 0) is 6.61 Å². The van der Waals surface area contributed by atoms with Crippen molar-refractivity contribution in [2.24, 2.45) is 5.10 Å². The molecule has 0 saturated carbocycles. The Kier molecular flexibility index (Phi) is 6.79. The normalized spacial score (nSPS) is 11.0. The maximum atomic E-state index is 11.4. The van der Waals surface area contributed by atoms with Crippen molar-refractivity contribution in [2.45, 2.75) is 6.61 Å². The van der Waals surface area contributed by atoms with Gasteiger partial charge in [0.2, 0.25) is 0 Å². The third kappa shape index (κ3) is 5.18. The van der Waals surface area contributed by atoms with E-state index < -0.39 is 15.5 Å². The fourth-order valence-corrected chi connectivity index (χ4v) is 3.59. The highest BCUT2D eigenvalue weighted by Gasteiger charge is 2.19. The molecule has 170 valence electrons. The quantitative estimate of drug-likeness (QED) is 0.162. The van der Waals surface area contributed by atoms with Gasteiger partial charge in [0.15, 0.2) is 0 Å². The molecular weight excluding hydrogens is 504 g/mol. The van der Waals surface area contributed by atoms with Crippen LogP contribution in [0.1, 0.15) is 11.1 Å². The van der Waals surface area contributed by atoms with Crippen LogP contribution in [0, 0.1) is 20.2 Å². The first-order chi connectivity index (χ1) is 16.4. The van der Waals surface area contributed by atoms with Gasteiger partial charge < -0.3 is 4.74 Å². The van der Waals surface area contributed by atoms with E-state index in [1.165, 1.54) is 18.3 Å². The van der Waals surface area contributed by atoms with Gasteiger partial charge in [0, 0.05) is 16.1 Å². The SMILES string of the molecule is O=[N+]([O-])c1ccc(N/N=C/c2c(OCc3ccc(Br)cc3)ccc3ccccc23)c([N+](=O)[O-])c1. The van der Waals surface area contributed by atoms with E-state index in [-0.39, 0.29) is 11.4 Å². The second kappa shape index (κ2) is 10.1. The van der Waals surface area contributed by atoms with E-state index in [2.05, 4.69) is 26.5 Å². The van der Waals surface area contributed by atoms with Gasteiger partial charge >= 0.3 is 5.69 Å². The minimum absolute atomic E-state index is 0.0319. The first kappa shape index (κ1) is 22.9. The van der Waals surface area contributed by atoms with E-state index in [0.717, 1.165) is 26.9 Å². The summed E-state index contributed by atoms with van der Waals surface area (Å²) in [6, 6.07) is 22.6. The van der Waals surface area contributed by atoms with E-state index in [0.29, 0.717) is 17.9 Å². The van der Waals surface area contributed by atoms with Crippen LogP contribution in [0.25, 0.3) is 10.8 Å². The molecule has 0 aliphatic rings. The fourth-order valence-electron chi connectivity index (χ4n) is 3.32. The number of fused-ring (bicyclic) bond motifs is 1. The van der Waals surface area contributed by atoms with Crippen LogP contribution in [0.2, 0.25) is 0 Å². The van der Waals surface area contributed by atoms with Crippen molar-refractivity contribution in [1.29, 1.82) is 0 Å². The molecule has 0 aromatic heterocycles. The largest absolute Gasteiger partial charge is 0.488 e. The van der Waals surface area contributed by atoms with Crippen LogP contribution in [-0.4, -0.2) is 16.1 Å². The molecule has 0 radical (unpaired) electrons. The van der Waals surface area contributed by atoms with Crippen molar-refractivity contribution in [3.05, 3.63) is 115 Å². The predicted molar refractivity (Wildman–Crippen MR) is 133 cm³/mol. The smallest absolute Gasteiger partial charge is 0.301 e. The van der Waals surface area contributed by atoms with Gasteiger partial charge in [-0.3, -0.25) is 25.7 Å². The lowest BCUT2D eigenvalue weighted by atomic mass is 10.0. The first-order valence-electron chi connectivity index (χ1n) is 10.0. The number of hydrazone groups is 1. The van der Waals surface area contributed by atoms with E-state index in [1.807, 2.05) is 60.7 Å². The summed E-state index contributed by atoms with van der Waals surface area (Å²) in [6.07, 6.45) is 1.52. The second-order valence-corrected chi connectivity index (χ2v) is 8.12. The summed E-state index contributed by atoms with van der Waals surface area (Å²) in [6.45, 7) is 0.341. The second-order valence-electron chi connectivity index (χ2n) is 7.20. The number of non-ortho nitro benzene ring substituents is 1. The number of rotatable bonds is 8. The minimum Gasteiger partial charge on any atom is -0.488 e. The van der Waals surface area contributed by atoms with Gasteiger partial charge in [-0.2, -0.15) is 5.10 Å². The molecule has 0 saturated heterocycles. The maximum absolute atomic E-state index is 11.4. The summed E-state index contributed by atoms with van der Waals surface area (Å²) >= 11 is 3.41. The van der Waals surface area contributed by atoms with Crippen LogP contribution in [0.4, 0.5) is 17.1 Å². The van der Waals surface area contributed by atoms with Crippen molar-refractivity contribution < 1.29 is 14.6 Å². The summed E-state index contributed by atoms with van der Waals surface area (Å²) in [5.74, 6) is 0.588. The fraction of sp³-hybridized carbons (Fsp3) is 0.0417. The average Bonchev–Trinajstić information content (AvgIpc) is 2.84. The van der Waals surface area contributed by atoms with Crippen molar-refractivity contribution in [1.82, 2.24) is 0 Å². The monoisotopic (exact) mass is 520 g/mol. The Hall–Kier alpha value is -4.31. The van der Waals surface area contributed by atoms with E-state index in [1.54, 1.807) is 0 Å². The van der Waals surface area contributed by atoms with Crippen LogP contribution < -0.4 is 10.2 Å². The molecule has 34 heavy (non-hydrogen) atoms. The van der Waals surface area contributed by atoms with Gasteiger partial charge in [-0.15, -0.1) is 0 Å². The lowest BCUT2D eigenvalue weighted by Gasteiger charge is -2.12. The number of halogens is 1. The molecule has 0 amide bonds. The molecule has 0 unspecified atom stereocenters. The molecule has 9 nitrogen and oxygen atoms in total. The number of hydrogen-bond donors (Lipinski definition) is 1. The molecule has 4 rings (SSSR count). The Morgan fingerprint density at radius 1 is 0.941 bits per heavy atom. The Bertz CT molecular complexity index is 1410. The number of nitrogens with one attached hydrogen (secondary N) is 1. The van der Waals surface area contributed by atoms with Gasteiger partial charge in [0.05, 0.1) is 22.1 Å². The van der Waals surface area contributed by atoms with E-state index in [4.69, 9.17) is 4.74 Å². The number of nitro groups is 2. The molecule has 0 heterocycles. The van der Waals surface area contributed by atoms with Gasteiger partial charge in [-0.05, 0) is 40.6 Å². The summed E-state index contributed by atoms with van der Waals surface area (Å²) in [5.41, 5.74) is 3.51. The zero-order valence-corrected chi connectivity index (χ0v) is 19.1. The number of benzene rings is 4. The molecule has 4 aromatic rings. The maximum Gasteiger partial charge on any atom is 0.301 e. The summed E-state index contributed by atoms with van der Waals surface area (Å²) < 4.78 is 7.03. The van der Waals surface area contributed by atoms with Crippen molar-refractivity contribution in [3.8, 4) is 5.75 Å². The zero-order valence-electron chi connectivity index (χ0n) is 17.6. The van der Waals surface area contributed by atoms with Gasteiger partial charge in [-0.1, -0.05) is 58.4 Å². The van der Waals surface area contributed by atoms with Gasteiger partial charge in [0.25, 0.3) is 5.69 Å². The van der Waals surface area contributed by atoms with Crippen molar-refractivity contribution >= 4 is 50.0 Å². The lowest BCUT2D eigenvalue weighted by Crippen LogP contribution is -2.01. The third-order valence-electron chi connectivity index (χ3n) is 5.01. The average molecular weight is 521 g/mol. The highest BCUT2D eigenvalue weighted by Crippen LogP contribution is 2.30. The Morgan fingerprint density at radius 2 is 1.71 bits per heavy atom. The minimum atomic E-state index is -0.699. The van der Waals surface area contributed by atoms with Crippen LogP contribution in [0.5, 0.6) is 5.75 Å². The summed E-state index contributed by atoms with van der Waals surface area (Å²) in [5, 5.41) is 28.3. The van der Waals surface area contributed by atoms with Crippen LogP contribution in [0.3, 0.4) is 0 Å². The number of hydrogen-bond acceptors (Lipinski definition) is 7. The Morgan fingerprint density at radius 3 is 2.44 bits per heavy atom. The standard InChI is InChI=1S/C24H17BrN4O5/c25-18-8-5-16(6-9-18)15-34-24-12-7-17-3-1-2-4-20(17)21(24)14-26-27-22-11-10-19(28(30)31)13-23(22)29(32)33/h1-14,27H,15H2/b26-14+. The lowest BCUT2D eigenvalue weighted by molar-refractivity contribution is -0.393. The predicted octanol–water partition coefficient (Wildman–Crippen LogP) is 6.44. The first-order valence-corrected chi connectivity index (χ1v) is 10.8. The molecule has 1 N–H and O–H groups in total. The van der Waals surface area contributed by atoms with E-state index in [9.17, 15) is 20.2 Å². The highest BCUT2D eigenvalue weighted by atomic mass is 79.9. The van der Waals surface area contributed by atoms with Crippen LogP contribution in [0.15, 0.2) is 88.4 Å². The Labute approximate surface area is 202 Å². The van der Waals surface area contributed by atoms with Gasteiger partial charge in [0.1, 0.15) is 18.0 Å². The highest BCUT2D eigenvalue weighted by molar-refractivity contribution is 9.10. The number of nitro benzene ring substituents is 2. The molecule has 0 fully saturated rings. The molecule has 0 aliphatic heterocycles. The van der Waals surface area contributed by atoms with Crippen molar-refractivity contribution in [3.63, 3.8) is 0 Å². The van der Waals surface area contributed by atoms with Gasteiger partial charge in [-0.25, -0.2) is 0 Å². The van der Waals surface area contributed by atoms with Crippen molar-refractivity contribution in [2.75, 3.05) is 5.43 Å². The molecule has 0 bridgehead atoms. The van der Waals surface area contributed by atoms with Crippen LogP contribution >= 0.6 is 15.9 Å². The molecule has 0 spiro atoms. The third-order valence-corrected chi connectivity index (χ3v) is 5.53. The molecule has 10 heteroatoms. The van der Waals surface area contributed by atoms with E-state index >= 15 is 0 Å².